The van der Waals surface area contributed by atoms with E-state index in [1.807, 2.05) is 17.3 Å². The van der Waals surface area contributed by atoms with Crippen LogP contribution in [0.3, 0.4) is 0 Å². The molecule has 3 rings (SSSR count). The second-order valence-corrected chi connectivity index (χ2v) is 7.10. The van der Waals surface area contributed by atoms with Gasteiger partial charge < -0.3 is 19.9 Å². The number of guanidine groups is 1. The summed E-state index contributed by atoms with van der Waals surface area (Å²) in [6.07, 6.45) is 6.26. The highest BCUT2D eigenvalue weighted by Gasteiger charge is 2.30. The lowest BCUT2D eigenvalue weighted by Crippen LogP contribution is -2.55. The molecule has 0 aliphatic carbocycles. The molecule has 28 heavy (non-hydrogen) atoms. The highest BCUT2D eigenvalue weighted by Crippen LogP contribution is 2.16. The van der Waals surface area contributed by atoms with E-state index < -0.39 is 0 Å². The molecule has 0 aromatic carbocycles. The standard InChI is InChI=1S/C20H31N5O2.HI/c1-3-22-20(23-9-7-17-6-8-21-15-16(17)2)25-12-10-24(11-13-25)19(26)18-5-4-14-27-18;/h6,8,15,18H,3-5,7,9-14H2,1-2H3,(H,22,23);1H. The van der Waals surface area contributed by atoms with Crippen LogP contribution in [0, 0.1) is 6.92 Å². The van der Waals surface area contributed by atoms with E-state index in [1.165, 1.54) is 11.1 Å². The zero-order valence-corrected chi connectivity index (χ0v) is 19.2. The number of hydrogen-bond donors (Lipinski definition) is 1. The van der Waals surface area contributed by atoms with Gasteiger partial charge in [0.15, 0.2) is 5.96 Å². The van der Waals surface area contributed by atoms with Crippen LogP contribution in [-0.2, 0) is 16.0 Å². The van der Waals surface area contributed by atoms with Crippen LogP contribution < -0.4 is 5.32 Å². The normalized spacial score (nSPS) is 20.1. The number of hydrogen-bond acceptors (Lipinski definition) is 4. The molecule has 0 spiro atoms. The first-order valence-corrected chi connectivity index (χ1v) is 10.0. The predicted octanol–water partition coefficient (Wildman–Crippen LogP) is 1.84. The fourth-order valence-electron chi connectivity index (χ4n) is 3.61. The zero-order chi connectivity index (χ0) is 19.1. The summed E-state index contributed by atoms with van der Waals surface area (Å²) >= 11 is 0. The van der Waals surface area contributed by atoms with Crippen LogP contribution in [0.4, 0.5) is 0 Å². The number of ether oxygens (including phenoxy) is 1. The van der Waals surface area contributed by atoms with Crippen molar-refractivity contribution in [1.82, 2.24) is 20.1 Å². The number of carbonyl (C=O) groups is 1. The number of halogens is 1. The molecule has 156 valence electrons. The highest BCUT2D eigenvalue weighted by atomic mass is 127. The van der Waals surface area contributed by atoms with Crippen molar-refractivity contribution in [2.24, 2.45) is 4.99 Å². The monoisotopic (exact) mass is 501 g/mol. The number of rotatable bonds is 5. The van der Waals surface area contributed by atoms with Crippen molar-refractivity contribution in [3.8, 4) is 0 Å². The summed E-state index contributed by atoms with van der Waals surface area (Å²) in [5.74, 6) is 1.09. The molecular formula is C20H32IN5O2. The lowest BCUT2D eigenvalue weighted by Gasteiger charge is -2.37. The third-order valence-electron chi connectivity index (χ3n) is 5.21. The maximum atomic E-state index is 12.5. The number of nitrogens with zero attached hydrogens (tertiary/aromatic N) is 4. The lowest BCUT2D eigenvalue weighted by molar-refractivity contribution is -0.142. The van der Waals surface area contributed by atoms with Crippen LogP contribution in [-0.4, -0.2) is 78.6 Å². The number of aliphatic imine (C=N–C) groups is 1. The van der Waals surface area contributed by atoms with Crippen molar-refractivity contribution < 1.29 is 9.53 Å². The van der Waals surface area contributed by atoms with Crippen LogP contribution in [0.5, 0.6) is 0 Å². The summed E-state index contributed by atoms with van der Waals surface area (Å²) in [6, 6.07) is 2.06. The van der Waals surface area contributed by atoms with E-state index in [4.69, 9.17) is 9.73 Å². The SMILES string of the molecule is CCNC(=NCCc1ccncc1C)N1CCN(C(=O)C2CCCO2)CC1.I. The van der Waals surface area contributed by atoms with Gasteiger partial charge in [-0.05, 0) is 50.3 Å². The molecule has 0 radical (unpaired) electrons. The minimum absolute atomic E-state index is 0. The van der Waals surface area contributed by atoms with Crippen molar-refractivity contribution in [3.63, 3.8) is 0 Å². The molecule has 1 aromatic heterocycles. The third kappa shape index (κ3) is 6.04. The summed E-state index contributed by atoms with van der Waals surface area (Å²) < 4.78 is 5.54. The van der Waals surface area contributed by atoms with Crippen LogP contribution in [0.2, 0.25) is 0 Å². The molecule has 0 saturated carbocycles. The van der Waals surface area contributed by atoms with Crippen LogP contribution in [0.25, 0.3) is 0 Å². The third-order valence-corrected chi connectivity index (χ3v) is 5.21. The van der Waals surface area contributed by atoms with Crippen molar-refractivity contribution >= 4 is 35.8 Å². The first-order valence-electron chi connectivity index (χ1n) is 10.0. The van der Waals surface area contributed by atoms with Gasteiger partial charge in [-0.1, -0.05) is 0 Å². The molecule has 0 bridgehead atoms. The van der Waals surface area contributed by atoms with Crippen molar-refractivity contribution in [2.45, 2.75) is 39.2 Å². The Kier molecular flexibility index (Phi) is 9.43. The quantitative estimate of drug-likeness (QED) is 0.379. The molecule has 1 amide bonds. The van der Waals surface area contributed by atoms with Gasteiger partial charge in [0.2, 0.25) is 0 Å². The molecule has 2 saturated heterocycles. The van der Waals surface area contributed by atoms with Gasteiger partial charge >= 0.3 is 0 Å². The average Bonchev–Trinajstić information content (AvgIpc) is 3.23. The van der Waals surface area contributed by atoms with Gasteiger partial charge in [0.05, 0.1) is 0 Å². The molecule has 2 aliphatic heterocycles. The van der Waals surface area contributed by atoms with Crippen molar-refractivity contribution in [2.75, 3.05) is 45.9 Å². The van der Waals surface area contributed by atoms with Crippen molar-refractivity contribution in [3.05, 3.63) is 29.6 Å². The van der Waals surface area contributed by atoms with Gasteiger partial charge in [-0.2, -0.15) is 0 Å². The maximum absolute atomic E-state index is 12.5. The topological polar surface area (TPSA) is 70.1 Å². The lowest BCUT2D eigenvalue weighted by atomic mass is 10.1. The predicted molar refractivity (Wildman–Crippen MR) is 121 cm³/mol. The molecule has 8 heteroatoms. The Bertz CT molecular complexity index is 656. The number of piperazine rings is 1. The first-order chi connectivity index (χ1) is 13.2. The minimum atomic E-state index is -0.220. The first kappa shape index (κ1) is 22.9. The van der Waals surface area contributed by atoms with E-state index in [9.17, 15) is 4.79 Å². The fourth-order valence-corrected chi connectivity index (χ4v) is 3.61. The largest absolute Gasteiger partial charge is 0.368 e. The van der Waals surface area contributed by atoms with Gasteiger partial charge in [0.1, 0.15) is 6.10 Å². The average molecular weight is 501 g/mol. The van der Waals surface area contributed by atoms with Gasteiger partial charge in [-0.15, -0.1) is 24.0 Å². The maximum Gasteiger partial charge on any atom is 0.251 e. The second kappa shape index (κ2) is 11.5. The number of aryl methyl sites for hydroxylation is 1. The van der Waals surface area contributed by atoms with Gasteiger partial charge in [-0.3, -0.25) is 14.8 Å². The minimum Gasteiger partial charge on any atom is -0.368 e. The van der Waals surface area contributed by atoms with Crippen LogP contribution in [0.1, 0.15) is 30.9 Å². The summed E-state index contributed by atoms with van der Waals surface area (Å²) in [5, 5.41) is 3.39. The Morgan fingerprint density at radius 1 is 1.32 bits per heavy atom. The molecule has 1 atom stereocenters. The van der Waals surface area contributed by atoms with Gasteiger partial charge in [-0.25, -0.2) is 0 Å². The number of pyridine rings is 1. The smallest absolute Gasteiger partial charge is 0.251 e. The number of nitrogens with one attached hydrogen (secondary N) is 1. The Hall–Kier alpha value is -1.42. The summed E-state index contributed by atoms with van der Waals surface area (Å²) in [4.78, 5) is 25.6. The Morgan fingerprint density at radius 3 is 2.71 bits per heavy atom. The van der Waals surface area contributed by atoms with Crippen LogP contribution in [0.15, 0.2) is 23.5 Å². The molecule has 2 fully saturated rings. The van der Waals surface area contributed by atoms with Gasteiger partial charge in [0, 0.05) is 58.3 Å². The van der Waals surface area contributed by atoms with E-state index in [1.54, 1.807) is 0 Å². The molecule has 2 aliphatic rings. The molecule has 7 nitrogen and oxygen atoms in total. The number of aromatic nitrogens is 1. The second-order valence-electron chi connectivity index (χ2n) is 7.10. The Balaban J connectivity index is 0.00000280. The van der Waals surface area contributed by atoms with E-state index in [-0.39, 0.29) is 36.0 Å². The highest BCUT2D eigenvalue weighted by molar-refractivity contribution is 14.0. The summed E-state index contributed by atoms with van der Waals surface area (Å²) in [6.45, 7) is 9.52. The summed E-state index contributed by atoms with van der Waals surface area (Å²) in [7, 11) is 0. The summed E-state index contributed by atoms with van der Waals surface area (Å²) in [5.41, 5.74) is 2.50. The number of carbonyl (C=O) groups excluding carboxylic acids is 1. The molecule has 3 heterocycles. The van der Waals surface area contributed by atoms with Gasteiger partial charge in [0.25, 0.3) is 5.91 Å². The fraction of sp³-hybridized carbons (Fsp3) is 0.650. The molecule has 1 N–H and O–H groups in total. The molecule has 1 unspecified atom stereocenters. The number of amides is 1. The van der Waals surface area contributed by atoms with E-state index in [0.717, 1.165) is 64.5 Å². The Labute approximate surface area is 184 Å². The Morgan fingerprint density at radius 2 is 2.07 bits per heavy atom. The zero-order valence-electron chi connectivity index (χ0n) is 16.9. The van der Waals surface area contributed by atoms with E-state index >= 15 is 0 Å². The van der Waals surface area contributed by atoms with Crippen molar-refractivity contribution in [1.29, 1.82) is 0 Å². The van der Waals surface area contributed by atoms with E-state index in [0.29, 0.717) is 6.61 Å². The van der Waals surface area contributed by atoms with Crippen LogP contribution >= 0.6 is 24.0 Å². The molecular weight excluding hydrogens is 469 g/mol. The van der Waals surface area contributed by atoms with E-state index in [2.05, 4.69) is 35.1 Å². The molecule has 1 aromatic rings.